The zero-order valence-electron chi connectivity index (χ0n) is 11.6. The van der Waals surface area contributed by atoms with Crippen LogP contribution in [0, 0.1) is 0 Å². The normalized spacial score (nSPS) is 13.2. The van der Waals surface area contributed by atoms with Gasteiger partial charge in [-0.15, -0.1) is 0 Å². The van der Waals surface area contributed by atoms with Crippen molar-refractivity contribution in [3.63, 3.8) is 0 Å². The fourth-order valence-electron chi connectivity index (χ4n) is 1.96. The van der Waals surface area contributed by atoms with Crippen molar-refractivity contribution in [2.75, 3.05) is 27.7 Å². The highest BCUT2D eigenvalue weighted by Crippen LogP contribution is 2.06. The van der Waals surface area contributed by atoms with Gasteiger partial charge in [0, 0.05) is 31.4 Å². The first-order valence-corrected chi connectivity index (χ1v) is 6.49. The molecule has 1 unspecified atom stereocenters. The summed E-state index contributed by atoms with van der Waals surface area (Å²) in [6, 6.07) is 0.510. The van der Waals surface area contributed by atoms with E-state index in [9.17, 15) is 0 Å². The van der Waals surface area contributed by atoms with Gasteiger partial charge in [0.15, 0.2) is 0 Å². The second-order valence-electron chi connectivity index (χ2n) is 4.82. The van der Waals surface area contributed by atoms with E-state index in [1.807, 2.05) is 13.2 Å². The molecule has 1 N–H and O–H groups in total. The molecule has 4 heteroatoms. The lowest BCUT2D eigenvalue weighted by Gasteiger charge is -2.19. The molecule has 0 aromatic carbocycles. The highest BCUT2D eigenvalue weighted by Gasteiger charge is 2.11. The van der Waals surface area contributed by atoms with Crippen LogP contribution in [0.15, 0.2) is 12.4 Å². The molecule has 0 bridgehead atoms. The minimum Gasteiger partial charge on any atom is -0.335 e. The third-order valence-corrected chi connectivity index (χ3v) is 3.03. The lowest BCUT2D eigenvalue weighted by molar-refractivity contribution is 0.360. The van der Waals surface area contributed by atoms with Gasteiger partial charge in [-0.25, -0.2) is 4.98 Å². The van der Waals surface area contributed by atoms with E-state index in [2.05, 4.69) is 47.0 Å². The average Bonchev–Trinajstić information content (AvgIpc) is 2.72. The smallest absolute Gasteiger partial charge is 0.110 e. The quantitative estimate of drug-likeness (QED) is 0.742. The number of aromatic nitrogens is 2. The Morgan fingerprint density at radius 3 is 2.82 bits per heavy atom. The van der Waals surface area contributed by atoms with E-state index in [1.54, 1.807) is 0 Å². The van der Waals surface area contributed by atoms with Crippen LogP contribution in [0.2, 0.25) is 0 Å². The van der Waals surface area contributed by atoms with Crippen molar-refractivity contribution in [2.24, 2.45) is 0 Å². The summed E-state index contributed by atoms with van der Waals surface area (Å²) >= 11 is 0. The number of nitrogens with zero attached hydrogens (tertiary/aromatic N) is 3. The molecule has 0 fully saturated rings. The zero-order valence-corrected chi connectivity index (χ0v) is 11.6. The Hall–Kier alpha value is -0.870. The molecule has 4 nitrogen and oxygen atoms in total. The molecule has 0 aliphatic carbocycles. The highest BCUT2D eigenvalue weighted by atomic mass is 15.1. The van der Waals surface area contributed by atoms with Crippen LogP contribution in [0.1, 0.15) is 25.6 Å². The van der Waals surface area contributed by atoms with Crippen molar-refractivity contribution < 1.29 is 0 Å². The Morgan fingerprint density at radius 2 is 2.24 bits per heavy atom. The van der Waals surface area contributed by atoms with E-state index in [-0.39, 0.29) is 0 Å². The van der Waals surface area contributed by atoms with Crippen LogP contribution in [0.3, 0.4) is 0 Å². The molecule has 0 saturated carbocycles. The summed E-state index contributed by atoms with van der Waals surface area (Å²) in [5.74, 6) is 1.20. The molecule has 0 amide bonds. The average molecular weight is 238 g/mol. The first-order chi connectivity index (χ1) is 8.17. The van der Waals surface area contributed by atoms with Crippen molar-refractivity contribution in [2.45, 2.75) is 38.8 Å². The molecular formula is C13H26N4. The van der Waals surface area contributed by atoms with Gasteiger partial charge in [0.25, 0.3) is 0 Å². The SMILES string of the molecule is CCCn1ccnc1CC(CCN(C)C)NC. The predicted molar refractivity (Wildman–Crippen MR) is 72.2 cm³/mol. The fraction of sp³-hybridized carbons (Fsp3) is 0.769. The van der Waals surface area contributed by atoms with Gasteiger partial charge in [-0.2, -0.15) is 0 Å². The number of aryl methyl sites for hydroxylation is 1. The molecule has 1 rings (SSSR count). The van der Waals surface area contributed by atoms with Crippen molar-refractivity contribution in [3.05, 3.63) is 18.2 Å². The summed E-state index contributed by atoms with van der Waals surface area (Å²) in [4.78, 5) is 6.68. The number of rotatable bonds is 8. The van der Waals surface area contributed by atoms with Crippen molar-refractivity contribution >= 4 is 0 Å². The number of hydrogen-bond donors (Lipinski definition) is 1. The van der Waals surface area contributed by atoms with Gasteiger partial charge in [-0.3, -0.25) is 0 Å². The third-order valence-electron chi connectivity index (χ3n) is 3.03. The van der Waals surface area contributed by atoms with Crippen LogP contribution in [-0.2, 0) is 13.0 Å². The Bertz CT molecular complexity index is 306. The van der Waals surface area contributed by atoms with Crippen molar-refractivity contribution in [1.82, 2.24) is 19.8 Å². The van der Waals surface area contributed by atoms with Crippen LogP contribution in [0.5, 0.6) is 0 Å². The number of likely N-dealkylation sites (N-methyl/N-ethyl adjacent to an activating group) is 1. The second-order valence-corrected chi connectivity index (χ2v) is 4.82. The van der Waals surface area contributed by atoms with Gasteiger partial charge < -0.3 is 14.8 Å². The fourth-order valence-corrected chi connectivity index (χ4v) is 1.96. The number of hydrogen-bond acceptors (Lipinski definition) is 3. The predicted octanol–water partition coefficient (Wildman–Crippen LogP) is 1.38. The van der Waals surface area contributed by atoms with Crippen LogP contribution >= 0.6 is 0 Å². The van der Waals surface area contributed by atoms with E-state index >= 15 is 0 Å². The molecule has 98 valence electrons. The minimum absolute atomic E-state index is 0.510. The molecule has 17 heavy (non-hydrogen) atoms. The molecule has 1 aromatic heterocycles. The minimum atomic E-state index is 0.510. The maximum atomic E-state index is 4.46. The molecule has 1 atom stereocenters. The van der Waals surface area contributed by atoms with E-state index in [0.717, 1.165) is 32.4 Å². The standard InChI is InChI=1S/C13H26N4/c1-5-8-17-10-7-15-13(17)11-12(14-2)6-9-16(3)4/h7,10,12,14H,5-6,8-9,11H2,1-4H3. The van der Waals surface area contributed by atoms with Crippen molar-refractivity contribution in [1.29, 1.82) is 0 Å². The Labute approximate surface area is 105 Å². The topological polar surface area (TPSA) is 33.1 Å². The molecule has 1 heterocycles. The van der Waals surface area contributed by atoms with Crippen LogP contribution in [-0.4, -0.2) is 48.2 Å². The van der Waals surface area contributed by atoms with Crippen molar-refractivity contribution in [3.8, 4) is 0 Å². The number of imidazole rings is 1. The Morgan fingerprint density at radius 1 is 1.47 bits per heavy atom. The maximum absolute atomic E-state index is 4.46. The molecule has 0 radical (unpaired) electrons. The molecule has 0 aliphatic rings. The van der Waals surface area contributed by atoms with E-state index in [0.29, 0.717) is 6.04 Å². The molecule has 0 spiro atoms. The summed E-state index contributed by atoms with van der Waals surface area (Å²) < 4.78 is 2.26. The lowest BCUT2D eigenvalue weighted by Crippen LogP contribution is -2.32. The monoisotopic (exact) mass is 238 g/mol. The maximum Gasteiger partial charge on any atom is 0.110 e. The molecule has 0 saturated heterocycles. The van der Waals surface area contributed by atoms with Crippen LogP contribution in [0.4, 0.5) is 0 Å². The zero-order chi connectivity index (χ0) is 12.7. The third kappa shape index (κ3) is 4.88. The van der Waals surface area contributed by atoms with Gasteiger partial charge in [-0.05, 0) is 40.5 Å². The number of nitrogens with one attached hydrogen (secondary N) is 1. The summed E-state index contributed by atoms with van der Waals surface area (Å²) in [6.07, 6.45) is 7.31. The first kappa shape index (κ1) is 14.2. The van der Waals surface area contributed by atoms with E-state index in [4.69, 9.17) is 0 Å². The Balaban J connectivity index is 2.51. The highest BCUT2D eigenvalue weighted by molar-refractivity contribution is 4.95. The van der Waals surface area contributed by atoms with Gasteiger partial charge in [0.1, 0.15) is 5.82 Å². The summed E-state index contributed by atoms with van der Waals surface area (Å²) in [5, 5.41) is 3.39. The molecule has 1 aromatic rings. The van der Waals surface area contributed by atoms with Crippen LogP contribution in [0.25, 0.3) is 0 Å². The van der Waals surface area contributed by atoms with E-state index < -0.39 is 0 Å². The summed E-state index contributed by atoms with van der Waals surface area (Å²) in [6.45, 7) is 4.38. The molecular weight excluding hydrogens is 212 g/mol. The lowest BCUT2D eigenvalue weighted by atomic mass is 10.1. The summed E-state index contributed by atoms with van der Waals surface area (Å²) in [7, 11) is 6.27. The van der Waals surface area contributed by atoms with Crippen LogP contribution < -0.4 is 5.32 Å². The van der Waals surface area contributed by atoms with Gasteiger partial charge >= 0.3 is 0 Å². The second kappa shape index (κ2) is 7.45. The van der Waals surface area contributed by atoms with Gasteiger partial charge in [0.2, 0.25) is 0 Å². The van der Waals surface area contributed by atoms with Gasteiger partial charge in [0.05, 0.1) is 0 Å². The molecule has 0 aliphatic heterocycles. The largest absolute Gasteiger partial charge is 0.335 e. The first-order valence-electron chi connectivity index (χ1n) is 6.49. The van der Waals surface area contributed by atoms with Gasteiger partial charge in [-0.1, -0.05) is 6.92 Å². The van der Waals surface area contributed by atoms with E-state index in [1.165, 1.54) is 5.82 Å². The summed E-state index contributed by atoms with van der Waals surface area (Å²) in [5.41, 5.74) is 0. The Kier molecular flexibility index (Phi) is 6.22.